The smallest absolute Gasteiger partial charge is 0.165 e. The first-order chi connectivity index (χ1) is 13.1. The summed E-state index contributed by atoms with van der Waals surface area (Å²) in [6, 6.07) is 3.76. The predicted molar refractivity (Wildman–Crippen MR) is 104 cm³/mol. The third kappa shape index (κ3) is 1.92. The number of aliphatic hydroxyl groups is 1. The van der Waals surface area contributed by atoms with Crippen LogP contribution in [-0.4, -0.2) is 57.2 Å². The zero-order chi connectivity index (χ0) is 18.4. The number of nitrogens with zero attached hydrogens (tertiary/aromatic N) is 2. The fraction of sp³-hybridized carbons (Fsp3) is 0.667. The Labute approximate surface area is 164 Å². The molecule has 142 valence electrons. The maximum atomic E-state index is 12.2. The van der Waals surface area contributed by atoms with E-state index in [0.29, 0.717) is 12.2 Å². The van der Waals surface area contributed by atoms with Crippen molar-refractivity contribution >= 4 is 17.4 Å². The van der Waals surface area contributed by atoms with Crippen molar-refractivity contribution in [1.82, 2.24) is 4.90 Å². The molecule has 5 aliphatic rings. The molecular formula is C21H24N2O3S. The molecule has 3 unspecified atom stereocenters. The molecule has 1 aromatic rings. The molecule has 1 saturated heterocycles. The highest BCUT2D eigenvalue weighted by molar-refractivity contribution is 7.78. The van der Waals surface area contributed by atoms with Crippen molar-refractivity contribution in [2.45, 2.75) is 67.7 Å². The number of rotatable bonds is 3. The van der Waals surface area contributed by atoms with E-state index in [4.69, 9.17) is 17.0 Å². The van der Waals surface area contributed by atoms with Gasteiger partial charge in [-0.25, -0.2) is 4.99 Å². The second-order valence-corrected chi connectivity index (χ2v) is 9.30. The van der Waals surface area contributed by atoms with E-state index in [1.54, 1.807) is 6.07 Å². The van der Waals surface area contributed by atoms with Crippen molar-refractivity contribution in [2.75, 3.05) is 13.1 Å². The number of likely N-dealkylation sites (tertiary alicyclic amines) is 1. The van der Waals surface area contributed by atoms with Gasteiger partial charge in [0.1, 0.15) is 6.10 Å². The molecule has 27 heavy (non-hydrogen) atoms. The van der Waals surface area contributed by atoms with Crippen LogP contribution in [0.3, 0.4) is 0 Å². The maximum Gasteiger partial charge on any atom is 0.165 e. The third-order valence-electron chi connectivity index (χ3n) is 7.95. The molecule has 2 N–H and O–H groups in total. The van der Waals surface area contributed by atoms with E-state index >= 15 is 0 Å². The number of phenols is 1. The number of hydrogen-bond acceptors (Lipinski definition) is 6. The number of aromatic hydroxyl groups is 1. The normalized spacial score (nSPS) is 41.4. The van der Waals surface area contributed by atoms with Crippen molar-refractivity contribution in [1.29, 1.82) is 0 Å². The average Bonchev–Trinajstić information content (AvgIpc) is 3.39. The van der Waals surface area contributed by atoms with Crippen LogP contribution in [0, 0.1) is 5.92 Å². The summed E-state index contributed by atoms with van der Waals surface area (Å²) in [4.78, 5) is 6.95. The van der Waals surface area contributed by atoms with Crippen LogP contribution in [0.15, 0.2) is 17.1 Å². The Balaban J connectivity index is 1.56. The number of hydrogen-bond donors (Lipinski definition) is 2. The lowest BCUT2D eigenvalue weighted by molar-refractivity contribution is -0.189. The van der Waals surface area contributed by atoms with Gasteiger partial charge in [-0.15, -0.1) is 0 Å². The summed E-state index contributed by atoms with van der Waals surface area (Å²) in [5.41, 5.74) is 0.913. The highest BCUT2D eigenvalue weighted by atomic mass is 32.1. The van der Waals surface area contributed by atoms with Crippen LogP contribution >= 0.6 is 12.2 Å². The molecule has 0 aromatic heterocycles. The van der Waals surface area contributed by atoms with Crippen LogP contribution in [0.5, 0.6) is 11.5 Å². The Morgan fingerprint density at radius 1 is 1.30 bits per heavy atom. The average molecular weight is 385 g/mol. The van der Waals surface area contributed by atoms with Crippen molar-refractivity contribution < 1.29 is 14.9 Å². The van der Waals surface area contributed by atoms with Crippen LogP contribution in [0.2, 0.25) is 0 Å². The second-order valence-electron chi connectivity index (χ2n) is 9.12. The quantitative estimate of drug-likeness (QED) is 0.619. The molecule has 1 spiro atoms. The summed E-state index contributed by atoms with van der Waals surface area (Å²) in [5.74, 6) is 1.53. The first kappa shape index (κ1) is 16.5. The van der Waals surface area contributed by atoms with Gasteiger partial charge in [0.2, 0.25) is 0 Å². The summed E-state index contributed by atoms with van der Waals surface area (Å²) in [5, 5.41) is 25.2. The molecular weight excluding hydrogens is 360 g/mol. The molecule has 1 aromatic carbocycles. The zero-order valence-electron chi connectivity index (χ0n) is 15.2. The number of isothiocyanates is 1. The molecule has 5 nitrogen and oxygen atoms in total. The van der Waals surface area contributed by atoms with Gasteiger partial charge in [0.05, 0.1) is 22.2 Å². The summed E-state index contributed by atoms with van der Waals surface area (Å²) >= 11 is 4.89. The number of piperidine rings is 1. The zero-order valence-corrected chi connectivity index (χ0v) is 16.0. The van der Waals surface area contributed by atoms with Crippen LogP contribution in [-0.2, 0) is 11.8 Å². The van der Waals surface area contributed by atoms with Gasteiger partial charge in [0, 0.05) is 18.2 Å². The standard InChI is InChI=1S/C21H24N2O3S/c24-15-4-3-13-9-16-21(25)6-5-14(22-11-27)19-20(21,17(13)18(15)26-19)7-8-23(16)10-12-1-2-12/h3-4,12,14,16,19,24-25H,1-2,5-10H2/t14-,16?,19+,20?,21?/m1/s1. The number of ether oxygens (including phenoxy) is 1. The Morgan fingerprint density at radius 2 is 2.15 bits per heavy atom. The van der Waals surface area contributed by atoms with Gasteiger partial charge in [0.25, 0.3) is 0 Å². The Hall–Kier alpha value is -1.46. The minimum atomic E-state index is -0.843. The van der Waals surface area contributed by atoms with Gasteiger partial charge < -0.3 is 14.9 Å². The maximum absolute atomic E-state index is 12.2. The summed E-state index contributed by atoms with van der Waals surface area (Å²) in [6.07, 6.45) is 5.45. The van der Waals surface area contributed by atoms with Crippen LogP contribution in [0.1, 0.15) is 43.2 Å². The van der Waals surface area contributed by atoms with E-state index in [-0.39, 0.29) is 23.9 Å². The highest BCUT2D eigenvalue weighted by Crippen LogP contribution is 2.65. The molecule has 0 radical (unpaired) electrons. The molecule has 2 aliphatic heterocycles. The fourth-order valence-electron chi connectivity index (χ4n) is 6.66. The van der Waals surface area contributed by atoms with Gasteiger partial charge in [-0.3, -0.25) is 4.90 Å². The number of aliphatic imine (C=N–C) groups is 1. The van der Waals surface area contributed by atoms with Crippen LogP contribution in [0.25, 0.3) is 0 Å². The lowest BCUT2D eigenvalue weighted by Gasteiger charge is -2.63. The largest absolute Gasteiger partial charge is 0.504 e. The minimum Gasteiger partial charge on any atom is -0.504 e. The van der Waals surface area contributed by atoms with Crippen molar-refractivity contribution in [2.24, 2.45) is 10.9 Å². The third-order valence-corrected chi connectivity index (χ3v) is 8.06. The minimum absolute atomic E-state index is 0.110. The van der Waals surface area contributed by atoms with E-state index in [1.165, 1.54) is 18.4 Å². The number of phenolic OH excluding ortho intramolecular Hbond substituents is 1. The Bertz CT molecular complexity index is 880. The molecule has 3 aliphatic carbocycles. The molecule has 0 amide bonds. The van der Waals surface area contributed by atoms with E-state index in [0.717, 1.165) is 43.8 Å². The summed E-state index contributed by atoms with van der Waals surface area (Å²) in [6.45, 7) is 2.06. The first-order valence-corrected chi connectivity index (χ1v) is 10.5. The van der Waals surface area contributed by atoms with Crippen LogP contribution < -0.4 is 4.74 Å². The van der Waals surface area contributed by atoms with Crippen molar-refractivity contribution in [3.63, 3.8) is 0 Å². The Kier molecular flexibility index (Phi) is 3.25. The SMILES string of the molecule is Oc1ccc2c3c1O[C@H]1[C@H](N=C=S)CCC4(O)C(C2)N(CC2CC2)CCC314. The number of thiocarbonyl (C=S) groups is 1. The molecule has 2 saturated carbocycles. The lowest BCUT2D eigenvalue weighted by Crippen LogP contribution is -2.77. The highest BCUT2D eigenvalue weighted by Gasteiger charge is 2.73. The predicted octanol–water partition coefficient (Wildman–Crippen LogP) is 2.43. The van der Waals surface area contributed by atoms with Gasteiger partial charge >= 0.3 is 0 Å². The summed E-state index contributed by atoms with van der Waals surface area (Å²) < 4.78 is 6.36. The van der Waals surface area contributed by atoms with E-state index in [2.05, 4.69) is 15.1 Å². The molecule has 2 heterocycles. The van der Waals surface area contributed by atoms with Gasteiger partial charge in [0.15, 0.2) is 11.5 Å². The first-order valence-electron chi connectivity index (χ1n) is 10.1. The van der Waals surface area contributed by atoms with E-state index < -0.39 is 11.0 Å². The molecule has 6 heteroatoms. The molecule has 2 bridgehead atoms. The van der Waals surface area contributed by atoms with Gasteiger partial charge in [-0.1, -0.05) is 6.07 Å². The monoisotopic (exact) mass is 384 g/mol. The van der Waals surface area contributed by atoms with E-state index in [9.17, 15) is 10.2 Å². The Morgan fingerprint density at radius 3 is 2.93 bits per heavy atom. The molecule has 6 rings (SSSR count). The van der Waals surface area contributed by atoms with Crippen molar-refractivity contribution in [3.8, 4) is 11.5 Å². The number of benzene rings is 1. The van der Waals surface area contributed by atoms with Crippen molar-refractivity contribution in [3.05, 3.63) is 23.3 Å². The lowest BCUT2D eigenvalue weighted by atomic mass is 9.48. The van der Waals surface area contributed by atoms with Gasteiger partial charge in [-0.05, 0) is 74.8 Å². The van der Waals surface area contributed by atoms with E-state index in [1.807, 2.05) is 6.07 Å². The topological polar surface area (TPSA) is 65.3 Å². The summed E-state index contributed by atoms with van der Waals surface area (Å²) in [7, 11) is 0. The van der Waals surface area contributed by atoms with Crippen LogP contribution in [0.4, 0.5) is 0 Å². The van der Waals surface area contributed by atoms with Gasteiger partial charge in [-0.2, -0.15) is 0 Å². The second kappa shape index (κ2) is 5.32. The molecule has 3 fully saturated rings. The fourth-order valence-corrected chi connectivity index (χ4v) is 6.79. The molecule has 5 atom stereocenters.